The Kier molecular flexibility index (Phi) is 6.77. The number of nitrogens with zero attached hydrogens (tertiary/aromatic N) is 1. The van der Waals surface area contributed by atoms with E-state index in [9.17, 15) is 9.18 Å². The van der Waals surface area contributed by atoms with Crippen molar-refractivity contribution in [3.8, 4) is 0 Å². The van der Waals surface area contributed by atoms with Crippen LogP contribution < -0.4 is 11.1 Å². The van der Waals surface area contributed by atoms with Gasteiger partial charge in [-0.05, 0) is 32.1 Å². The first kappa shape index (κ1) is 18.1. The quantitative estimate of drug-likeness (QED) is 0.748. The van der Waals surface area contributed by atoms with Crippen LogP contribution in [0, 0.1) is 5.82 Å². The summed E-state index contributed by atoms with van der Waals surface area (Å²) in [6.07, 6.45) is 0. The number of amides is 1. The molecule has 0 heterocycles. The number of hydrogen-bond acceptors (Lipinski definition) is 3. The molecule has 4 nitrogen and oxygen atoms in total. The summed E-state index contributed by atoms with van der Waals surface area (Å²) in [4.78, 5) is 14.1. The van der Waals surface area contributed by atoms with E-state index in [-0.39, 0.29) is 5.56 Å². The van der Waals surface area contributed by atoms with E-state index in [4.69, 9.17) is 5.73 Å². The summed E-state index contributed by atoms with van der Waals surface area (Å²) in [5.74, 6) is -1.05. The normalized spacial score (nSPS) is 14.2. The minimum absolute atomic E-state index is 0.262. The molecule has 0 bridgehead atoms. The number of nitrogens with two attached hydrogens (primary N) is 1. The largest absolute Gasteiger partial charge is 0.368 e. The molecule has 0 saturated carbocycles. The highest BCUT2D eigenvalue weighted by Gasteiger charge is 2.35. The highest BCUT2D eigenvalue weighted by atomic mass is 79.9. The lowest BCUT2D eigenvalue weighted by atomic mass is 9.90. The van der Waals surface area contributed by atoms with Crippen LogP contribution in [0.2, 0.25) is 0 Å². The van der Waals surface area contributed by atoms with Crippen LogP contribution in [0.15, 0.2) is 22.7 Å². The summed E-state index contributed by atoms with van der Waals surface area (Å²) in [7, 11) is 0. The minimum atomic E-state index is -1.22. The van der Waals surface area contributed by atoms with Crippen molar-refractivity contribution in [2.45, 2.75) is 26.3 Å². The summed E-state index contributed by atoms with van der Waals surface area (Å²) in [5.41, 5.74) is 4.54. The number of halogens is 2. The third-order valence-electron chi connectivity index (χ3n) is 3.76. The fourth-order valence-electron chi connectivity index (χ4n) is 2.21. The Morgan fingerprint density at radius 3 is 2.52 bits per heavy atom. The summed E-state index contributed by atoms with van der Waals surface area (Å²) < 4.78 is 14.8. The van der Waals surface area contributed by atoms with E-state index in [0.29, 0.717) is 11.0 Å². The van der Waals surface area contributed by atoms with E-state index in [2.05, 4.69) is 40.0 Å². The Morgan fingerprint density at radius 1 is 1.43 bits per heavy atom. The number of primary amides is 1. The molecule has 0 aromatic heterocycles. The van der Waals surface area contributed by atoms with Crippen molar-refractivity contribution in [3.05, 3.63) is 34.1 Å². The number of hydrogen-bond donors (Lipinski definition) is 2. The molecule has 0 fully saturated rings. The molecule has 21 heavy (non-hydrogen) atoms. The third-order valence-corrected chi connectivity index (χ3v) is 4.26. The second-order valence-electron chi connectivity index (χ2n) is 5.07. The average molecular weight is 360 g/mol. The fraction of sp³-hybridized carbons (Fsp3) is 0.533. The van der Waals surface area contributed by atoms with Crippen molar-refractivity contribution in [3.63, 3.8) is 0 Å². The predicted octanol–water partition coefficient (Wildman–Crippen LogP) is 2.22. The first-order valence-electron chi connectivity index (χ1n) is 7.08. The molecule has 0 radical (unpaired) electrons. The lowest BCUT2D eigenvalue weighted by Crippen LogP contribution is -2.52. The van der Waals surface area contributed by atoms with E-state index in [1.165, 1.54) is 6.07 Å². The molecule has 1 unspecified atom stereocenters. The summed E-state index contributed by atoms with van der Waals surface area (Å²) >= 11 is 3.21. The Bertz CT molecular complexity index is 494. The predicted molar refractivity (Wildman–Crippen MR) is 86.4 cm³/mol. The minimum Gasteiger partial charge on any atom is -0.368 e. The average Bonchev–Trinajstić information content (AvgIpc) is 2.43. The van der Waals surface area contributed by atoms with Gasteiger partial charge in [0.15, 0.2) is 0 Å². The SMILES string of the molecule is CCN(CC)CCNC(C)(C(N)=O)c1ccc(Br)cc1F. The maximum atomic E-state index is 14.1. The van der Waals surface area contributed by atoms with Crippen molar-refractivity contribution in [1.29, 1.82) is 0 Å². The molecular formula is C15H23BrFN3O. The van der Waals surface area contributed by atoms with Gasteiger partial charge in [0.1, 0.15) is 11.4 Å². The van der Waals surface area contributed by atoms with Gasteiger partial charge in [-0.2, -0.15) is 0 Å². The number of benzene rings is 1. The lowest BCUT2D eigenvalue weighted by Gasteiger charge is -2.30. The van der Waals surface area contributed by atoms with Crippen molar-refractivity contribution in [2.75, 3.05) is 26.2 Å². The van der Waals surface area contributed by atoms with Crippen LogP contribution in [0.3, 0.4) is 0 Å². The Labute approximate surface area is 134 Å². The third kappa shape index (κ3) is 4.49. The second kappa shape index (κ2) is 7.87. The van der Waals surface area contributed by atoms with Gasteiger partial charge >= 0.3 is 0 Å². The van der Waals surface area contributed by atoms with Gasteiger partial charge < -0.3 is 10.6 Å². The van der Waals surface area contributed by atoms with Gasteiger partial charge in [-0.25, -0.2) is 4.39 Å². The molecule has 1 aromatic carbocycles. The summed E-state index contributed by atoms with van der Waals surface area (Å²) in [6, 6.07) is 4.61. The molecule has 3 N–H and O–H groups in total. The first-order valence-corrected chi connectivity index (χ1v) is 7.87. The summed E-state index contributed by atoms with van der Waals surface area (Å²) in [6.45, 7) is 8.95. The van der Waals surface area contributed by atoms with E-state index < -0.39 is 17.3 Å². The fourth-order valence-corrected chi connectivity index (χ4v) is 2.55. The van der Waals surface area contributed by atoms with E-state index >= 15 is 0 Å². The number of likely N-dealkylation sites (N-methyl/N-ethyl adjacent to an activating group) is 1. The standard InChI is InChI=1S/C15H23BrFN3O/c1-4-20(5-2)9-8-19-15(3,14(18)21)12-7-6-11(16)10-13(12)17/h6-7,10,19H,4-5,8-9H2,1-3H3,(H2,18,21). The van der Waals surface area contributed by atoms with Gasteiger partial charge in [0, 0.05) is 23.1 Å². The van der Waals surface area contributed by atoms with Crippen molar-refractivity contribution in [1.82, 2.24) is 10.2 Å². The number of carbonyl (C=O) groups is 1. The number of carbonyl (C=O) groups excluding carboxylic acids is 1. The molecule has 0 aliphatic rings. The molecule has 1 amide bonds. The van der Waals surface area contributed by atoms with Crippen LogP contribution >= 0.6 is 15.9 Å². The van der Waals surface area contributed by atoms with Gasteiger partial charge in [0.25, 0.3) is 0 Å². The molecule has 0 saturated heterocycles. The van der Waals surface area contributed by atoms with E-state index in [1.807, 2.05) is 0 Å². The smallest absolute Gasteiger partial charge is 0.242 e. The Morgan fingerprint density at radius 2 is 2.05 bits per heavy atom. The monoisotopic (exact) mass is 359 g/mol. The molecular weight excluding hydrogens is 337 g/mol. The van der Waals surface area contributed by atoms with Gasteiger partial charge in [-0.15, -0.1) is 0 Å². The van der Waals surface area contributed by atoms with Crippen LogP contribution in [0.1, 0.15) is 26.3 Å². The zero-order valence-corrected chi connectivity index (χ0v) is 14.3. The van der Waals surface area contributed by atoms with Crippen molar-refractivity contribution >= 4 is 21.8 Å². The van der Waals surface area contributed by atoms with Gasteiger partial charge in [0.2, 0.25) is 5.91 Å². The highest BCUT2D eigenvalue weighted by molar-refractivity contribution is 9.10. The van der Waals surface area contributed by atoms with E-state index in [0.717, 1.165) is 19.6 Å². The number of rotatable bonds is 8. The van der Waals surface area contributed by atoms with Crippen LogP contribution in [0.4, 0.5) is 4.39 Å². The van der Waals surface area contributed by atoms with Crippen LogP contribution in [0.5, 0.6) is 0 Å². The van der Waals surface area contributed by atoms with E-state index in [1.54, 1.807) is 19.1 Å². The van der Waals surface area contributed by atoms with Crippen molar-refractivity contribution in [2.24, 2.45) is 5.73 Å². The Balaban J connectivity index is 2.90. The van der Waals surface area contributed by atoms with Gasteiger partial charge in [0.05, 0.1) is 0 Å². The van der Waals surface area contributed by atoms with Crippen LogP contribution in [-0.2, 0) is 10.3 Å². The van der Waals surface area contributed by atoms with Gasteiger partial charge in [-0.3, -0.25) is 10.1 Å². The number of nitrogens with one attached hydrogen (secondary N) is 1. The van der Waals surface area contributed by atoms with Crippen LogP contribution in [-0.4, -0.2) is 37.0 Å². The molecule has 0 aliphatic heterocycles. The topological polar surface area (TPSA) is 58.4 Å². The Hall–Kier alpha value is -0.980. The molecule has 1 aromatic rings. The first-order chi connectivity index (χ1) is 9.85. The zero-order valence-electron chi connectivity index (χ0n) is 12.7. The molecule has 0 spiro atoms. The molecule has 118 valence electrons. The zero-order chi connectivity index (χ0) is 16.0. The molecule has 0 aliphatic carbocycles. The second-order valence-corrected chi connectivity index (χ2v) is 5.98. The molecule has 1 rings (SSSR count). The van der Waals surface area contributed by atoms with Crippen molar-refractivity contribution < 1.29 is 9.18 Å². The highest BCUT2D eigenvalue weighted by Crippen LogP contribution is 2.26. The summed E-state index contributed by atoms with van der Waals surface area (Å²) in [5, 5.41) is 3.10. The molecule has 6 heteroatoms. The maximum absolute atomic E-state index is 14.1. The van der Waals surface area contributed by atoms with Gasteiger partial charge in [-0.1, -0.05) is 35.8 Å². The lowest BCUT2D eigenvalue weighted by molar-refractivity contribution is -0.124. The maximum Gasteiger partial charge on any atom is 0.242 e. The molecule has 1 atom stereocenters. The van der Waals surface area contributed by atoms with Crippen LogP contribution in [0.25, 0.3) is 0 Å².